The van der Waals surface area contributed by atoms with Crippen molar-refractivity contribution in [1.82, 2.24) is 5.32 Å². The fourth-order valence-electron chi connectivity index (χ4n) is 1.43. The van der Waals surface area contributed by atoms with Gasteiger partial charge in [-0.2, -0.15) is 0 Å². The fraction of sp³-hybridized carbons (Fsp3) is 0.385. The van der Waals surface area contributed by atoms with Gasteiger partial charge in [0.1, 0.15) is 5.82 Å². The standard InChI is InChI=1S/C13H16FNO4S/c1-8(16)12(13(18)19)15-11(17)6-7-20-10-4-2-9(14)3-5-10/h2-5,8,12,16H,6-7H2,1H3,(H,15,17)(H,18,19). The Morgan fingerprint density at radius 2 is 1.95 bits per heavy atom. The second kappa shape index (κ2) is 7.86. The third kappa shape index (κ3) is 5.58. The fourth-order valence-corrected chi connectivity index (χ4v) is 2.28. The van der Waals surface area contributed by atoms with Crippen molar-refractivity contribution in [2.24, 2.45) is 0 Å². The van der Waals surface area contributed by atoms with Gasteiger partial charge in [0.25, 0.3) is 0 Å². The second-order valence-corrected chi connectivity index (χ2v) is 5.34. The maximum absolute atomic E-state index is 12.7. The molecule has 1 aromatic rings. The van der Waals surface area contributed by atoms with E-state index in [4.69, 9.17) is 5.11 Å². The maximum Gasteiger partial charge on any atom is 0.328 e. The van der Waals surface area contributed by atoms with Crippen molar-refractivity contribution in [2.75, 3.05) is 5.75 Å². The van der Waals surface area contributed by atoms with E-state index in [0.717, 1.165) is 4.90 Å². The van der Waals surface area contributed by atoms with Gasteiger partial charge in [-0.05, 0) is 31.2 Å². The van der Waals surface area contributed by atoms with E-state index in [0.29, 0.717) is 5.75 Å². The van der Waals surface area contributed by atoms with Gasteiger partial charge in [-0.1, -0.05) is 0 Å². The highest BCUT2D eigenvalue weighted by molar-refractivity contribution is 7.99. The SMILES string of the molecule is CC(O)C(NC(=O)CCSc1ccc(F)cc1)C(=O)O. The molecular weight excluding hydrogens is 285 g/mol. The minimum Gasteiger partial charge on any atom is -0.480 e. The molecule has 0 bridgehead atoms. The van der Waals surface area contributed by atoms with Crippen LogP contribution in [0.2, 0.25) is 0 Å². The predicted octanol–water partition coefficient (Wildman–Crippen LogP) is 1.26. The number of hydrogen-bond acceptors (Lipinski definition) is 4. The number of nitrogens with one attached hydrogen (secondary N) is 1. The molecule has 20 heavy (non-hydrogen) atoms. The van der Waals surface area contributed by atoms with Crippen molar-refractivity contribution in [3.63, 3.8) is 0 Å². The molecule has 0 aliphatic rings. The number of carboxylic acid groups (broad SMARTS) is 1. The Bertz CT molecular complexity index is 464. The molecule has 0 saturated heterocycles. The van der Waals surface area contributed by atoms with Crippen LogP contribution in [0.5, 0.6) is 0 Å². The van der Waals surface area contributed by atoms with Gasteiger partial charge in [0.05, 0.1) is 6.10 Å². The number of benzene rings is 1. The first-order valence-corrected chi connectivity index (χ1v) is 6.97. The van der Waals surface area contributed by atoms with Gasteiger partial charge in [0.15, 0.2) is 6.04 Å². The number of hydrogen-bond donors (Lipinski definition) is 3. The number of carbonyl (C=O) groups is 2. The van der Waals surface area contributed by atoms with Crippen molar-refractivity contribution in [2.45, 2.75) is 30.4 Å². The zero-order valence-electron chi connectivity index (χ0n) is 10.9. The topological polar surface area (TPSA) is 86.6 Å². The molecule has 2 atom stereocenters. The third-order valence-corrected chi connectivity index (χ3v) is 3.49. The highest BCUT2D eigenvalue weighted by Gasteiger charge is 2.24. The van der Waals surface area contributed by atoms with E-state index >= 15 is 0 Å². The van der Waals surface area contributed by atoms with Crippen molar-refractivity contribution < 1.29 is 24.2 Å². The van der Waals surface area contributed by atoms with E-state index in [1.54, 1.807) is 12.1 Å². The summed E-state index contributed by atoms with van der Waals surface area (Å²) in [6.45, 7) is 1.30. The van der Waals surface area contributed by atoms with Gasteiger partial charge in [-0.15, -0.1) is 11.8 Å². The Kier molecular flexibility index (Phi) is 6.47. The smallest absolute Gasteiger partial charge is 0.328 e. The Labute approximate surface area is 120 Å². The predicted molar refractivity (Wildman–Crippen MR) is 73.0 cm³/mol. The van der Waals surface area contributed by atoms with E-state index in [1.807, 2.05) is 0 Å². The second-order valence-electron chi connectivity index (χ2n) is 4.18. The van der Waals surface area contributed by atoms with E-state index in [2.05, 4.69) is 5.32 Å². The van der Waals surface area contributed by atoms with Crippen LogP contribution in [0, 0.1) is 5.82 Å². The minimum atomic E-state index is -1.31. The van der Waals surface area contributed by atoms with Crippen molar-refractivity contribution in [3.05, 3.63) is 30.1 Å². The molecule has 0 fully saturated rings. The Balaban J connectivity index is 2.36. The molecule has 2 unspecified atom stereocenters. The van der Waals surface area contributed by atoms with Gasteiger partial charge >= 0.3 is 5.97 Å². The first-order chi connectivity index (χ1) is 9.40. The van der Waals surface area contributed by atoms with Crippen LogP contribution in [0.25, 0.3) is 0 Å². The molecule has 110 valence electrons. The largest absolute Gasteiger partial charge is 0.480 e. The lowest BCUT2D eigenvalue weighted by Crippen LogP contribution is -2.47. The molecule has 0 aromatic heterocycles. The van der Waals surface area contributed by atoms with Crippen LogP contribution in [0.4, 0.5) is 4.39 Å². The van der Waals surface area contributed by atoms with Crippen molar-refractivity contribution in [1.29, 1.82) is 0 Å². The monoisotopic (exact) mass is 301 g/mol. The zero-order valence-corrected chi connectivity index (χ0v) is 11.7. The number of aliphatic hydroxyl groups is 1. The first kappa shape index (κ1) is 16.5. The summed E-state index contributed by atoms with van der Waals surface area (Å²) in [4.78, 5) is 23.2. The number of halogens is 1. The summed E-state index contributed by atoms with van der Waals surface area (Å²) in [5, 5.41) is 20.3. The molecule has 0 radical (unpaired) electrons. The number of aliphatic carboxylic acids is 1. The molecular formula is C13H16FNO4S. The quantitative estimate of drug-likeness (QED) is 0.660. The minimum absolute atomic E-state index is 0.110. The highest BCUT2D eigenvalue weighted by atomic mass is 32.2. The molecule has 0 aliphatic carbocycles. The van der Waals surface area contributed by atoms with Crippen LogP contribution in [0.1, 0.15) is 13.3 Å². The normalized spacial score (nSPS) is 13.6. The number of aliphatic hydroxyl groups excluding tert-OH is 1. The summed E-state index contributed by atoms with van der Waals surface area (Å²) in [6.07, 6.45) is -1.06. The molecule has 0 aliphatic heterocycles. The Hall–Kier alpha value is -1.60. The van der Waals surface area contributed by atoms with E-state index in [-0.39, 0.29) is 12.2 Å². The van der Waals surface area contributed by atoms with Crippen LogP contribution in [0.3, 0.4) is 0 Å². The molecule has 1 rings (SSSR count). The van der Waals surface area contributed by atoms with Crippen LogP contribution in [-0.2, 0) is 9.59 Å². The van der Waals surface area contributed by atoms with Crippen LogP contribution >= 0.6 is 11.8 Å². The van der Waals surface area contributed by atoms with Crippen LogP contribution < -0.4 is 5.32 Å². The summed E-state index contributed by atoms with van der Waals surface area (Å²) >= 11 is 1.36. The number of rotatable bonds is 7. The van der Waals surface area contributed by atoms with E-state index < -0.39 is 24.0 Å². The lowest BCUT2D eigenvalue weighted by atomic mass is 10.2. The van der Waals surface area contributed by atoms with Crippen LogP contribution in [0.15, 0.2) is 29.2 Å². The van der Waals surface area contributed by atoms with Gasteiger partial charge in [-0.25, -0.2) is 9.18 Å². The highest BCUT2D eigenvalue weighted by Crippen LogP contribution is 2.18. The average molecular weight is 301 g/mol. The number of carboxylic acids is 1. The van der Waals surface area contributed by atoms with Crippen molar-refractivity contribution in [3.8, 4) is 0 Å². The van der Waals surface area contributed by atoms with Crippen LogP contribution in [-0.4, -0.2) is 40.0 Å². The molecule has 3 N–H and O–H groups in total. The lowest BCUT2D eigenvalue weighted by Gasteiger charge is -2.16. The molecule has 1 amide bonds. The molecule has 0 heterocycles. The summed E-state index contributed by atoms with van der Waals surface area (Å²) in [7, 11) is 0. The molecule has 0 spiro atoms. The average Bonchev–Trinajstić information content (AvgIpc) is 2.37. The summed E-state index contributed by atoms with van der Waals surface area (Å²) in [5.41, 5.74) is 0. The van der Waals surface area contributed by atoms with Gasteiger partial charge in [-0.3, -0.25) is 4.79 Å². The molecule has 7 heteroatoms. The van der Waals surface area contributed by atoms with E-state index in [1.165, 1.54) is 30.8 Å². The number of carbonyl (C=O) groups excluding carboxylic acids is 1. The lowest BCUT2D eigenvalue weighted by molar-refractivity contribution is -0.144. The number of thioether (sulfide) groups is 1. The Morgan fingerprint density at radius 1 is 1.35 bits per heavy atom. The third-order valence-electron chi connectivity index (χ3n) is 2.48. The summed E-state index contributed by atoms with van der Waals surface area (Å²) in [6, 6.07) is 4.56. The summed E-state index contributed by atoms with van der Waals surface area (Å²) in [5.74, 6) is -1.62. The number of amides is 1. The Morgan fingerprint density at radius 3 is 2.45 bits per heavy atom. The first-order valence-electron chi connectivity index (χ1n) is 5.98. The van der Waals surface area contributed by atoms with Gasteiger partial charge in [0, 0.05) is 17.1 Å². The van der Waals surface area contributed by atoms with Gasteiger partial charge in [0.2, 0.25) is 5.91 Å². The van der Waals surface area contributed by atoms with Crippen molar-refractivity contribution >= 4 is 23.6 Å². The summed E-state index contributed by atoms with van der Waals surface area (Å²) < 4.78 is 12.7. The molecule has 0 saturated carbocycles. The molecule has 5 nitrogen and oxygen atoms in total. The molecule has 1 aromatic carbocycles. The maximum atomic E-state index is 12.7. The zero-order chi connectivity index (χ0) is 15.1. The van der Waals surface area contributed by atoms with E-state index in [9.17, 15) is 19.1 Å². The van der Waals surface area contributed by atoms with Gasteiger partial charge < -0.3 is 15.5 Å².